The zero-order chi connectivity index (χ0) is 23.6. The lowest BCUT2D eigenvalue weighted by molar-refractivity contribution is 0.236. The van der Waals surface area contributed by atoms with Crippen molar-refractivity contribution in [1.29, 1.82) is 0 Å². The molecule has 1 atom stereocenters. The van der Waals surface area contributed by atoms with Crippen LogP contribution in [0.1, 0.15) is 26.3 Å². The van der Waals surface area contributed by atoms with E-state index in [9.17, 15) is 0 Å². The van der Waals surface area contributed by atoms with Gasteiger partial charge in [-0.05, 0) is 53.9 Å². The van der Waals surface area contributed by atoms with Crippen LogP contribution in [0.5, 0.6) is 0 Å². The SMILES string of the molecule is CC(C)(C)[C@H]1COC(c2ccccc2[P+](c2ccccc2)(c2ccccc2)c2ccccc2)=N1. The second-order valence-corrected chi connectivity index (χ2v) is 13.2. The van der Waals surface area contributed by atoms with Crippen molar-refractivity contribution in [3.63, 3.8) is 0 Å². The molecule has 3 heteroatoms. The molecule has 0 radical (unpaired) electrons. The Kier molecular flexibility index (Phi) is 6.11. The van der Waals surface area contributed by atoms with Crippen molar-refractivity contribution in [2.75, 3.05) is 6.61 Å². The predicted molar refractivity (Wildman–Crippen MR) is 147 cm³/mol. The van der Waals surface area contributed by atoms with Gasteiger partial charge in [-0.2, -0.15) is 0 Å². The van der Waals surface area contributed by atoms with Crippen molar-refractivity contribution < 1.29 is 4.74 Å². The van der Waals surface area contributed by atoms with Crippen molar-refractivity contribution in [3.05, 3.63) is 121 Å². The normalized spacial score (nSPS) is 16.1. The Bertz CT molecular complexity index is 1180. The van der Waals surface area contributed by atoms with Crippen LogP contribution in [0.4, 0.5) is 0 Å². The number of aliphatic imine (C=N–C) groups is 1. The third-order valence-electron chi connectivity index (χ3n) is 6.58. The van der Waals surface area contributed by atoms with Gasteiger partial charge >= 0.3 is 0 Å². The molecule has 4 aromatic carbocycles. The maximum Gasteiger partial charge on any atom is 0.220 e. The van der Waals surface area contributed by atoms with Crippen LogP contribution >= 0.6 is 7.26 Å². The minimum absolute atomic E-state index is 0.0568. The summed E-state index contributed by atoms with van der Waals surface area (Å²) in [4.78, 5) is 5.10. The summed E-state index contributed by atoms with van der Waals surface area (Å²) < 4.78 is 6.29. The molecule has 5 rings (SSSR count). The van der Waals surface area contributed by atoms with Crippen LogP contribution in [-0.4, -0.2) is 18.5 Å². The summed E-state index contributed by atoms with van der Waals surface area (Å²) in [6.07, 6.45) is 0. The fourth-order valence-corrected chi connectivity index (χ4v) is 9.16. The van der Waals surface area contributed by atoms with Crippen LogP contribution in [0.3, 0.4) is 0 Å². The molecule has 1 heterocycles. The minimum atomic E-state index is -2.22. The van der Waals surface area contributed by atoms with Gasteiger partial charge < -0.3 is 4.74 Å². The highest BCUT2D eigenvalue weighted by atomic mass is 31.2. The molecule has 0 fully saturated rings. The number of ether oxygens (including phenoxy) is 1. The molecule has 0 spiro atoms. The second kappa shape index (κ2) is 9.20. The van der Waals surface area contributed by atoms with E-state index in [0.717, 1.165) is 11.5 Å². The third-order valence-corrected chi connectivity index (χ3v) is 10.9. The van der Waals surface area contributed by atoms with Crippen LogP contribution in [0, 0.1) is 5.41 Å². The Morgan fingerprint density at radius 1 is 0.647 bits per heavy atom. The van der Waals surface area contributed by atoms with Gasteiger partial charge in [-0.1, -0.05) is 87.5 Å². The van der Waals surface area contributed by atoms with Crippen LogP contribution < -0.4 is 21.2 Å². The molecule has 0 unspecified atom stereocenters. The van der Waals surface area contributed by atoms with Crippen LogP contribution in [-0.2, 0) is 4.74 Å². The van der Waals surface area contributed by atoms with Crippen LogP contribution in [0.25, 0.3) is 0 Å². The topological polar surface area (TPSA) is 21.6 Å². The van der Waals surface area contributed by atoms with Gasteiger partial charge in [0, 0.05) is 0 Å². The summed E-state index contributed by atoms with van der Waals surface area (Å²) in [5, 5.41) is 5.26. The zero-order valence-electron chi connectivity index (χ0n) is 20.1. The molecule has 0 N–H and O–H groups in total. The van der Waals surface area contributed by atoms with Gasteiger partial charge in [0.05, 0.1) is 11.6 Å². The van der Waals surface area contributed by atoms with Crippen LogP contribution in [0.15, 0.2) is 120 Å². The van der Waals surface area contributed by atoms with Gasteiger partial charge in [-0.3, -0.25) is 0 Å². The first kappa shape index (κ1) is 22.6. The third kappa shape index (κ3) is 3.97. The largest absolute Gasteiger partial charge is 0.475 e. The van der Waals surface area contributed by atoms with Crippen LogP contribution in [0.2, 0.25) is 0 Å². The van der Waals surface area contributed by atoms with Crippen molar-refractivity contribution in [1.82, 2.24) is 0 Å². The molecule has 0 aromatic heterocycles. The van der Waals surface area contributed by atoms with Gasteiger partial charge in [0.2, 0.25) is 5.90 Å². The van der Waals surface area contributed by atoms with E-state index in [1.54, 1.807) is 0 Å². The van der Waals surface area contributed by atoms with E-state index in [2.05, 4.69) is 136 Å². The maximum atomic E-state index is 6.29. The molecule has 0 aliphatic carbocycles. The van der Waals surface area contributed by atoms with E-state index in [1.165, 1.54) is 21.2 Å². The Hall–Kier alpha value is -3.22. The molecule has 0 bridgehead atoms. The average Bonchev–Trinajstić information content (AvgIpc) is 3.38. The number of benzene rings is 4. The summed E-state index contributed by atoms with van der Waals surface area (Å²) in [5.41, 5.74) is 1.15. The predicted octanol–water partition coefficient (Wildman–Crippen LogP) is 5.50. The molecule has 1 aliphatic heterocycles. The molecule has 0 saturated carbocycles. The smallest absolute Gasteiger partial charge is 0.220 e. The lowest BCUT2D eigenvalue weighted by Gasteiger charge is -2.29. The van der Waals surface area contributed by atoms with Gasteiger partial charge in [-0.25, -0.2) is 4.99 Å². The van der Waals surface area contributed by atoms with E-state index < -0.39 is 7.26 Å². The number of nitrogens with zero attached hydrogens (tertiary/aromatic N) is 1. The Labute approximate surface area is 203 Å². The van der Waals surface area contributed by atoms with Crippen molar-refractivity contribution in [2.45, 2.75) is 26.8 Å². The fourth-order valence-electron chi connectivity index (χ4n) is 4.73. The quantitative estimate of drug-likeness (QED) is 0.358. The van der Waals surface area contributed by atoms with Gasteiger partial charge in [0.15, 0.2) is 0 Å². The lowest BCUT2D eigenvalue weighted by atomic mass is 9.88. The van der Waals surface area contributed by atoms with Crippen molar-refractivity contribution in [2.24, 2.45) is 10.4 Å². The molecule has 170 valence electrons. The maximum absolute atomic E-state index is 6.29. The molecule has 0 amide bonds. The standard InChI is InChI=1S/C31H31NOP/c1-31(2,3)29-23-33-30(32-29)27-21-13-14-22-28(27)34(24-15-7-4-8-16-24,25-17-9-5-10-18-25)26-19-11-6-12-20-26/h4-22,29H,23H2,1-3H3/q+1/t29-/m1/s1. The number of hydrogen-bond acceptors (Lipinski definition) is 2. The molecule has 2 nitrogen and oxygen atoms in total. The van der Waals surface area contributed by atoms with E-state index >= 15 is 0 Å². The highest BCUT2D eigenvalue weighted by Gasteiger charge is 2.50. The Morgan fingerprint density at radius 3 is 1.53 bits per heavy atom. The average molecular weight is 465 g/mol. The van der Waals surface area contributed by atoms with E-state index in [0.29, 0.717) is 6.61 Å². The highest BCUT2D eigenvalue weighted by molar-refractivity contribution is 8.01. The van der Waals surface area contributed by atoms with Gasteiger partial charge in [0.25, 0.3) is 0 Å². The van der Waals surface area contributed by atoms with Crippen molar-refractivity contribution >= 4 is 34.4 Å². The zero-order valence-corrected chi connectivity index (χ0v) is 21.0. The summed E-state index contributed by atoms with van der Waals surface area (Å²) in [6.45, 7) is 7.32. The minimum Gasteiger partial charge on any atom is -0.475 e. The molecule has 1 aliphatic rings. The summed E-state index contributed by atoms with van der Waals surface area (Å²) in [6, 6.07) is 41.7. The van der Waals surface area contributed by atoms with Crippen molar-refractivity contribution in [3.8, 4) is 0 Å². The van der Waals surface area contributed by atoms with Gasteiger partial charge in [0.1, 0.15) is 35.1 Å². The molecule has 4 aromatic rings. The van der Waals surface area contributed by atoms with E-state index in [4.69, 9.17) is 9.73 Å². The number of rotatable bonds is 5. The van der Waals surface area contributed by atoms with E-state index in [1.807, 2.05) is 0 Å². The molecule has 34 heavy (non-hydrogen) atoms. The highest BCUT2D eigenvalue weighted by Crippen LogP contribution is 2.55. The monoisotopic (exact) mass is 464 g/mol. The summed E-state index contributed by atoms with van der Waals surface area (Å²) in [7, 11) is -2.22. The lowest BCUT2D eigenvalue weighted by Crippen LogP contribution is -2.40. The fraction of sp³-hybridized carbons (Fsp3) is 0.194. The first-order valence-corrected chi connectivity index (χ1v) is 13.7. The number of hydrogen-bond donors (Lipinski definition) is 0. The molecule has 0 saturated heterocycles. The Morgan fingerprint density at radius 2 is 1.09 bits per heavy atom. The first-order chi connectivity index (χ1) is 16.5. The Balaban J connectivity index is 1.84. The molecular weight excluding hydrogens is 433 g/mol. The molecular formula is C31H31NOP+. The first-order valence-electron chi connectivity index (χ1n) is 11.9. The van der Waals surface area contributed by atoms with E-state index in [-0.39, 0.29) is 11.5 Å². The summed E-state index contributed by atoms with van der Waals surface area (Å²) in [5.74, 6) is 0.766. The van der Waals surface area contributed by atoms with Gasteiger partial charge in [-0.15, -0.1) is 0 Å². The second-order valence-electron chi connectivity index (χ2n) is 9.82. The summed E-state index contributed by atoms with van der Waals surface area (Å²) >= 11 is 0.